The normalized spacial score (nSPS) is 19.6. The number of amides is 1. The zero-order chi connectivity index (χ0) is 17.0. The summed E-state index contributed by atoms with van der Waals surface area (Å²) in [7, 11) is 0. The van der Waals surface area contributed by atoms with E-state index in [1.165, 1.54) is 0 Å². The van der Waals surface area contributed by atoms with Crippen molar-refractivity contribution in [2.24, 2.45) is 0 Å². The molecular weight excluding hydrogens is 316 g/mol. The molecule has 1 fully saturated rings. The number of hydrogen-bond acceptors (Lipinski definition) is 5. The molecule has 7 heteroatoms. The van der Waals surface area contributed by atoms with Crippen LogP contribution in [0.5, 0.6) is 0 Å². The Morgan fingerprint density at radius 1 is 1.52 bits per heavy atom. The molecule has 6 nitrogen and oxygen atoms in total. The van der Waals surface area contributed by atoms with Gasteiger partial charge in [0.1, 0.15) is 5.60 Å². The lowest BCUT2D eigenvalue weighted by molar-refractivity contribution is -0.137. The Kier molecular flexibility index (Phi) is 5.64. The standard InChI is InChI=1S/C16H24N2O4S/c1-16(2,3)22-15(21)18-7-6-11(10-18)17-12(9-14(19)20)13-5-4-8-23-13/h4-5,8,11-12,17H,6-7,9-10H2,1-3H3,(H,19,20). The summed E-state index contributed by atoms with van der Waals surface area (Å²) >= 11 is 1.54. The first-order valence-corrected chi connectivity index (χ1v) is 8.62. The van der Waals surface area contributed by atoms with Crippen LogP contribution < -0.4 is 5.32 Å². The fraction of sp³-hybridized carbons (Fsp3) is 0.625. The molecule has 0 aliphatic carbocycles. The molecule has 0 aromatic carbocycles. The van der Waals surface area contributed by atoms with Crippen molar-refractivity contribution in [3.8, 4) is 0 Å². The SMILES string of the molecule is CC(C)(C)OC(=O)N1CCC(NC(CC(=O)O)c2cccs2)C1. The van der Waals surface area contributed by atoms with Crippen molar-refractivity contribution in [2.75, 3.05) is 13.1 Å². The average Bonchev–Trinajstić information content (AvgIpc) is 3.06. The van der Waals surface area contributed by atoms with Gasteiger partial charge >= 0.3 is 12.1 Å². The molecular formula is C16H24N2O4S. The number of carboxylic acids is 1. The lowest BCUT2D eigenvalue weighted by Crippen LogP contribution is -2.39. The van der Waals surface area contributed by atoms with Crippen LogP contribution in [0.2, 0.25) is 0 Å². The van der Waals surface area contributed by atoms with Gasteiger partial charge < -0.3 is 20.1 Å². The van der Waals surface area contributed by atoms with E-state index >= 15 is 0 Å². The van der Waals surface area contributed by atoms with Crippen molar-refractivity contribution in [3.05, 3.63) is 22.4 Å². The zero-order valence-corrected chi connectivity index (χ0v) is 14.6. The molecule has 2 rings (SSSR count). The lowest BCUT2D eigenvalue weighted by atomic mass is 10.1. The number of hydrogen-bond donors (Lipinski definition) is 2. The minimum absolute atomic E-state index is 0.0312. The summed E-state index contributed by atoms with van der Waals surface area (Å²) < 4.78 is 5.38. The molecule has 1 saturated heterocycles. The Morgan fingerprint density at radius 2 is 2.26 bits per heavy atom. The van der Waals surface area contributed by atoms with Gasteiger partial charge in [0.15, 0.2) is 0 Å². The molecule has 23 heavy (non-hydrogen) atoms. The molecule has 2 atom stereocenters. The van der Waals surface area contributed by atoms with Crippen LogP contribution in [-0.2, 0) is 9.53 Å². The molecule has 2 N–H and O–H groups in total. The van der Waals surface area contributed by atoms with Gasteiger partial charge in [-0.15, -0.1) is 11.3 Å². The second-order valence-corrected chi connectivity index (χ2v) is 7.72. The number of aliphatic carboxylic acids is 1. The Balaban J connectivity index is 1.92. The van der Waals surface area contributed by atoms with Crippen LogP contribution in [0.1, 0.15) is 44.5 Å². The van der Waals surface area contributed by atoms with E-state index in [1.807, 2.05) is 38.3 Å². The molecule has 0 spiro atoms. The van der Waals surface area contributed by atoms with E-state index < -0.39 is 11.6 Å². The van der Waals surface area contributed by atoms with Crippen LogP contribution in [0.15, 0.2) is 17.5 Å². The molecule has 1 aromatic rings. The number of likely N-dealkylation sites (tertiary alicyclic amines) is 1. The van der Waals surface area contributed by atoms with Crippen LogP contribution >= 0.6 is 11.3 Å². The van der Waals surface area contributed by atoms with Gasteiger partial charge in [-0.1, -0.05) is 6.07 Å². The van der Waals surface area contributed by atoms with E-state index in [0.29, 0.717) is 13.1 Å². The predicted octanol–water partition coefficient (Wildman–Crippen LogP) is 2.86. The van der Waals surface area contributed by atoms with E-state index in [-0.39, 0.29) is 24.6 Å². The van der Waals surface area contributed by atoms with E-state index in [0.717, 1.165) is 11.3 Å². The monoisotopic (exact) mass is 340 g/mol. The quantitative estimate of drug-likeness (QED) is 0.862. The lowest BCUT2D eigenvalue weighted by Gasteiger charge is -2.25. The molecule has 1 aliphatic heterocycles. The number of ether oxygens (including phenoxy) is 1. The van der Waals surface area contributed by atoms with Gasteiger partial charge in [-0.25, -0.2) is 4.79 Å². The maximum Gasteiger partial charge on any atom is 0.410 e. The zero-order valence-electron chi connectivity index (χ0n) is 13.7. The molecule has 0 bridgehead atoms. The van der Waals surface area contributed by atoms with E-state index in [2.05, 4.69) is 5.32 Å². The van der Waals surface area contributed by atoms with Gasteiger partial charge in [0, 0.05) is 24.0 Å². The second-order valence-electron chi connectivity index (χ2n) is 6.74. The number of nitrogens with one attached hydrogen (secondary N) is 1. The predicted molar refractivity (Wildman–Crippen MR) is 88.7 cm³/mol. The van der Waals surface area contributed by atoms with Gasteiger partial charge in [0.2, 0.25) is 0 Å². The highest BCUT2D eigenvalue weighted by molar-refractivity contribution is 7.10. The van der Waals surface area contributed by atoms with Crippen molar-refractivity contribution < 1.29 is 19.4 Å². The third-order valence-corrected chi connectivity index (χ3v) is 4.53. The molecule has 2 heterocycles. The Morgan fingerprint density at radius 3 is 2.83 bits per heavy atom. The maximum atomic E-state index is 12.1. The van der Waals surface area contributed by atoms with E-state index in [9.17, 15) is 9.59 Å². The molecule has 0 radical (unpaired) electrons. The first kappa shape index (κ1) is 17.7. The van der Waals surface area contributed by atoms with Crippen LogP contribution in [-0.4, -0.2) is 46.8 Å². The molecule has 1 amide bonds. The summed E-state index contributed by atoms with van der Waals surface area (Å²) in [6.07, 6.45) is 0.511. The molecule has 128 valence electrons. The van der Waals surface area contributed by atoms with Crippen LogP contribution in [0.3, 0.4) is 0 Å². The minimum atomic E-state index is -0.835. The Bertz CT molecular complexity index is 539. The van der Waals surface area contributed by atoms with Crippen molar-refractivity contribution >= 4 is 23.4 Å². The fourth-order valence-corrected chi connectivity index (χ4v) is 3.37. The summed E-state index contributed by atoms with van der Waals surface area (Å²) in [5.74, 6) is -0.835. The first-order chi connectivity index (χ1) is 10.7. The highest BCUT2D eigenvalue weighted by Crippen LogP contribution is 2.24. The van der Waals surface area contributed by atoms with Crippen LogP contribution in [0.25, 0.3) is 0 Å². The van der Waals surface area contributed by atoms with Gasteiger partial charge in [-0.2, -0.15) is 0 Å². The number of rotatable bonds is 5. The Labute approximate surface area is 140 Å². The van der Waals surface area contributed by atoms with Crippen molar-refractivity contribution in [3.63, 3.8) is 0 Å². The summed E-state index contributed by atoms with van der Waals surface area (Å²) in [6.45, 7) is 6.69. The second kappa shape index (κ2) is 7.31. The summed E-state index contributed by atoms with van der Waals surface area (Å²) in [5.41, 5.74) is -0.509. The molecule has 1 aromatic heterocycles. The van der Waals surface area contributed by atoms with Gasteiger partial charge in [0.05, 0.1) is 12.5 Å². The molecule has 0 saturated carbocycles. The van der Waals surface area contributed by atoms with Crippen molar-refractivity contribution in [1.29, 1.82) is 0 Å². The van der Waals surface area contributed by atoms with Gasteiger partial charge in [-0.3, -0.25) is 4.79 Å². The summed E-state index contributed by atoms with van der Waals surface area (Å²) in [5, 5.41) is 14.4. The number of nitrogens with zero attached hydrogens (tertiary/aromatic N) is 1. The number of carbonyl (C=O) groups is 2. The van der Waals surface area contributed by atoms with Crippen LogP contribution in [0.4, 0.5) is 4.79 Å². The fourth-order valence-electron chi connectivity index (χ4n) is 2.58. The smallest absolute Gasteiger partial charge is 0.410 e. The summed E-state index contributed by atoms with van der Waals surface area (Å²) in [6, 6.07) is 3.70. The van der Waals surface area contributed by atoms with E-state index in [1.54, 1.807) is 16.2 Å². The summed E-state index contributed by atoms with van der Waals surface area (Å²) in [4.78, 5) is 25.8. The highest BCUT2D eigenvalue weighted by Gasteiger charge is 2.31. The van der Waals surface area contributed by atoms with Gasteiger partial charge in [-0.05, 0) is 38.6 Å². The minimum Gasteiger partial charge on any atom is -0.481 e. The third-order valence-electron chi connectivity index (χ3n) is 3.54. The maximum absolute atomic E-state index is 12.1. The average molecular weight is 340 g/mol. The van der Waals surface area contributed by atoms with Gasteiger partial charge in [0.25, 0.3) is 0 Å². The van der Waals surface area contributed by atoms with E-state index in [4.69, 9.17) is 9.84 Å². The highest BCUT2D eigenvalue weighted by atomic mass is 32.1. The largest absolute Gasteiger partial charge is 0.481 e. The molecule has 2 unspecified atom stereocenters. The van der Waals surface area contributed by atoms with Crippen LogP contribution in [0, 0.1) is 0 Å². The Hall–Kier alpha value is -1.60. The molecule has 1 aliphatic rings. The number of thiophene rings is 1. The third kappa shape index (κ3) is 5.51. The first-order valence-electron chi connectivity index (χ1n) is 7.74. The van der Waals surface area contributed by atoms with Crippen molar-refractivity contribution in [1.82, 2.24) is 10.2 Å². The topological polar surface area (TPSA) is 78.9 Å². The van der Waals surface area contributed by atoms with Crippen molar-refractivity contribution in [2.45, 2.75) is 51.3 Å². The number of carboxylic acid groups (broad SMARTS) is 1. The number of carbonyl (C=O) groups excluding carboxylic acids is 1.